The number of methoxy groups -OCH3 is 1. The number of unbranched alkanes of at least 4 members (excludes halogenated alkanes) is 4. The molecule has 25 heavy (non-hydrogen) atoms. The van der Waals surface area contributed by atoms with Gasteiger partial charge in [-0.3, -0.25) is 4.79 Å². The van der Waals surface area contributed by atoms with Crippen molar-refractivity contribution in [2.75, 3.05) is 7.11 Å². The summed E-state index contributed by atoms with van der Waals surface area (Å²) in [6, 6.07) is 6.46. The summed E-state index contributed by atoms with van der Waals surface area (Å²) in [7, 11) is -2.46. The van der Waals surface area contributed by atoms with Crippen LogP contribution in [0.25, 0.3) is 0 Å². The van der Waals surface area contributed by atoms with Gasteiger partial charge in [-0.05, 0) is 38.3 Å². The molecule has 138 valence electrons. The molecule has 0 saturated carbocycles. The predicted molar refractivity (Wildman–Crippen MR) is 96.4 cm³/mol. The average molecular weight is 366 g/mol. The van der Waals surface area contributed by atoms with E-state index in [0.717, 1.165) is 37.7 Å². The third-order valence-corrected chi connectivity index (χ3v) is 5.15. The minimum absolute atomic E-state index is 0.112. The first-order valence-electron chi connectivity index (χ1n) is 8.42. The third-order valence-electron chi connectivity index (χ3n) is 3.81. The summed E-state index contributed by atoms with van der Waals surface area (Å²) < 4.78 is 34.2. The van der Waals surface area contributed by atoms with Gasteiger partial charge in [0, 0.05) is 6.42 Å². The minimum atomic E-state index is -3.85. The zero-order chi connectivity index (χ0) is 18.7. The van der Waals surface area contributed by atoms with Crippen molar-refractivity contribution in [2.24, 2.45) is 0 Å². The molecule has 5 nitrogen and oxygen atoms in total. The number of terminal acetylenes is 1. The van der Waals surface area contributed by atoms with Crippen LogP contribution in [0.2, 0.25) is 0 Å². The lowest BCUT2D eigenvalue weighted by Gasteiger charge is -2.12. The van der Waals surface area contributed by atoms with Crippen molar-refractivity contribution in [3.63, 3.8) is 0 Å². The fourth-order valence-corrected chi connectivity index (χ4v) is 3.34. The van der Waals surface area contributed by atoms with Crippen LogP contribution in [0.1, 0.15) is 50.5 Å². The normalized spacial score (nSPS) is 12.4. The van der Waals surface area contributed by atoms with Crippen molar-refractivity contribution in [3.05, 3.63) is 29.8 Å². The van der Waals surface area contributed by atoms with Crippen molar-refractivity contribution >= 4 is 16.1 Å². The highest BCUT2D eigenvalue weighted by Crippen LogP contribution is 2.18. The standard InChI is InChI=1S/C19H26O5S/c1-4-17(10-8-6-5-7-9-11-19(20)23-3)24-25(21,22)18-14-12-16(2)13-15-18/h1,12-15,17H,5-11H2,2-3H3. The molecule has 1 unspecified atom stereocenters. The van der Waals surface area contributed by atoms with E-state index in [0.29, 0.717) is 12.8 Å². The van der Waals surface area contributed by atoms with Crippen molar-refractivity contribution < 1.29 is 22.1 Å². The number of esters is 1. The maximum absolute atomic E-state index is 12.2. The highest BCUT2D eigenvalue weighted by atomic mass is 32.2. The number of carbonyl (C=O) groups excluding carboxylic acids is 1. The third kappa shape index (κ3) is 8.19. The fourth-order valence-electron chi connectivity index (χ4n) is 2.30. The Labute approximate surface area is 150 Å². The van der Waals surface area contributed by atoms with Crippen molar-refractivity contribution in [3.8, 4) is 12.3 Å². The van der Waals surface area contributed by atoms with E-state index in [1.165, 1.54) is 19.2 Å². The topological polar surface area (TPSA) is 69.7 Å². The van der Waals surface area contributed by atoms with Gasteiger partial charge in [-0.2, -0.15) is 8.42 Å². The van der Waals surface area contributed by atoms with Crippen LogP contribution < -0.4 is 0 Å². The van der Waals surface area contributed by atoms with Crippen molar-refractivity contribution in [2.45, 2.75) is 62.9 Å². The van der Waals surface area contributed by atoms with Crippen molar-refractivity contribution in [1.29, 1.82) is 0 Å². The Morgan fingerprint density at radius 1 is 1.12 bits per heavy atom. The average Bonchev–Trinajstić information content (AvgIpc) is 2.59. The number of ether oxygens (including phenoxy) is 1. The van der Waals surface area contributed by atoms with Gasteiger partial charge < -0.3 is 4.74 Å². The van der Waals surface area contributed by atoms with E-state index < -0.39 is 16.2 Å². The Bertz CT molecular complexity index is 671. The zero-order valence-electron chi connectivity index (χ0n) is 14.9. The molecule has 0 aliphatic carbocycles. The second kappa shape index (κ2) is 10.9. The molecule has 1 atom stereocenters. The molecule has 1 aromatic carbocycles. The van der Waals surface area contributed by atoms with Crippen LogP contribution in [-0.2, 0) is 23.8 Å². The second-order valence-electron chi connectivity index (χ2n) is 5.90. The largest absolute Gasteiger partial charge is 0.469 e. The number of hydrogen-bond acceptors (Lipinski definition) is 5. The summed E-state index contributed by atoms with van der Waals surface area (Å²) in [5, 5.41) is 0. The number of rotatable bonds is 11. The first-order chi connectivity index (χ1) is 11.9. The highest BCUT2D eigenvalue weighted by Gasteiger charge is 2.20. The van der Waals surface area contributed by atoms with Crippen LogP contribution in [0.4, 0.5) is 0 Å². The number of aryl methyl sites for hydroxylation is 1. The summed E-state index contributed by atoms with van der Waals surface area (Å²) >= 11 is 0. The fraction of sp³-hybridized carbons (Fsp3) is 0.526. The molecule has 0 N–H and O–H groups in total. The smallest absolute Gasteiger partial charge is 0.305 e. The van der Waals surface area contributed by atoms with Gasteiger partial charge in [0.1, 0.15) is 6.10 Å². The van der Waals surface area contributed by atoms with Gasteiger partial charge in [0.15, 0.2) is 0 Å². The number of carbonyl (C=O) groups is 1. The Hall–Kier alpha value is -1.84. The molecule has 0 fully saturated rings. The minimum Gasteiger partial charge on any atom is -0.469 e. The molecule has 0 radical (unpaired) electrons. The van der Waals surface area contributed by atoms with E-state index in [2.05, 4.69) is 10.7 Å². The molecule has 1 rings (SSSR count). The summed E-state index contributed by atoms with van der Waals surface area (Å²) in [5.74, 6) is 2.21. The van der Waals surface area contributed by atoms with Gasteiger partial charge in [-0.25, -0.2) is 4.18 Å². The lowest BCUT2D eigenvalue weighted by molar-refractivity contribution is -0.140. The molecule has 0 aliphatic heterocycles. The highest BCUT2D eigenvalue weighted by molar-refractivity contribution is 7.86. The molecular formula is C19H26O5S. The molecule has 6 heteroatoms. The molecule has 0 aromatic heterocycles. The Balaban J connectivity index is 2.33. The van der Waals surface area contributed by atoms with E-state index in [1.54, 1.807) is 12.1 Å². The molecule has 0 amide bonds. The maximum atomic E-state index is 12.2. The van der Waals surface area contributed by atoms with Gasteiger partial charge in [0.2, 0.25) is 0 Å². The van der Waals surface area contributed by atoms with Gasteiger partial charge in [-0.1, -0.05) is 42.9 Å². The summed E-state index contributed by atoms with van der Waals surface area (Å²) in [6.07, 6.45) is 9.92. The molecule has 0 saturated heterocycles. The van der Waals surface area contributed by atoms with E-state index in [1.807, 2.05) is 6.92 Å². The maximum Gasteiger partial charge on any atom is 0.305 e. The Morgan fingerprint density at radius 3 is 2.32 bits per heavy atom. The monoisotopic (exact) mass is 366 g/mol. The van der Waals surface area contributed by atoms with E-state index >= 15 is 0 Å². The summed E-state index contributed by atoms with van der Waals surface area (Å²) in [6.45, 7) is 1.88. The van der Waals surface area contributed by atoms with Crippen molar-refractivity contribution in [1.82, 2.24) is 0 Å². The SMILES string of the molecule is C#CC(CCCCCCCC(=O)OC)OS(=O)(=O)c1ccc(C)cc1. The van der Waals surface area contributed by atoms with Gasteiger partial charge >= 0.3 is 5.97 Å². The first kappa shape index (κ1) is 21.2. The molecule has 0 heterocycles. The van der Waals surface area contributed by atoms with E-state index in [9.17, 15) is 13.2 Å². The van der Waals surface area contributed by atoms with Crippen LogP contribution in [0.3, 0.4) is 0 Å². The summed E-state index contributed by atoms with van der Waals surface area (Å²) in [5.41, 5.74) is 0.972. The van der Waals surface area contributed by atoms with Crippen LogP contribution in [0.5, 0.6) is 0 Å². The van der Waals surface area contributed by atoms with E-state index in [-0.39, 0.29) is 10.9 Å². The predicted octanol–water partition coefficient (Wildman–Crippen LogP) is 3.61. The summed E-state index contributed by atoms with van der Waals surface area (Å²) in [4.78, 5) is 11.1. The van der Waals surface area contributed by atoms with Crippen LogP contribution in [-0.4, -0.2) is 27.6 Å². The van der Waals surface area contributed by atoms with Crippen LogP contribution in [0.15, 0.2) is 29.2 Å². The lowest BCUT2D eigenvalue weighted by atomic mass is 10.1. The lowest BCUT2D eigenvalue weighted by Crippen LogP contribution is -2.17. The number of hydrogen-bond donors (Lipinski definition) is 0. The van der Waals surface area contributed by atoms with E-state index in [4.69, 9.17) is 10.6 Å². The molecule has 1 aromatic rings. The van der Waals surface area contributed by atoms with Crippen LogP contribution >= 0.6 is 0 Å². The quantitative estimate of drug-likeness (QED) is 0.259. The van der Waals surface area contributed by atoms with Gasteiger partial charge in [-0.15, -0.1) is 6.42 Å². The van der Waals surface area contributed by atoms with Gasteiger partial charge in [0.05, 0.1) is 12.0 Å². The zero-order valence-corrected chi connectivity index (χ0v) is 15.7. The second-order valence-corrected chi connectivity index (χ2v) is 7.47. The Morgan fingerprint density at radius 2 is 1.72 bits per heavy atom. The Kier molecular flexibility index (Phi) is 9.25. The molecule has 0 spiro atoms. The molecule has 0 aliphatic rings. The molecular weight excluding hydrogens is 340 g/mol. The van der Waals surface area contributed by atoms with Gasteiger partial charge in [0.25, 0.3) is 10.1 Å². The first-order valence-corrected chi connectivity index (χ1v) is 9.83. The number of benzene rings is 1. The molecule has 0 bridgehead atoms. The van der Waals surface area contributed by atoms with Crippen LogP contribution in [0, 0.1) is 19.3 Å².